The zero-order chi connectivity index (χ0) is 13.2. The number of benzene rings is 1. The number of anilines is 1. The summed E-state index contributed by atoms with van der Waals surface area (Å²) in [5.74, 6) is -2.27. The van der Waals surface area contributed by atoms with E-state index in [0.717, 1.165) is 12.1 Å². The highest BCUT2D eigenvalue weighted by molar-refractivity contribution is 5.80. The maximum absolute atomic E-state index is 13.4. The molecule has 6 heteroatoms. The Kier molecular flexibility index (Phi) is 3.88. The topological polar surface area (TPSA) is 55.6 Å². The highest BCUT2D eigenvalue weighted by Gasteiger charge is 2.19. The molecule has 94 valence electrons. The van der Waals surface area contributed by atoms with E-state index in [-0.39, 0.29) is 17.3 Å². The van der Waals surface area contributed by atoms with Crippen LogP contribution in [0.15, 0.2) is 12.1 Å². The van der Waals surface area contributed by atoms with Crippen molar-refractivity contribution in [2.45, 2.75) is 13.0 Å². The van der Waals surface area contributed by atoms with Crippen LogP contribution in [0.5, 0.6) is 5.75 Å². The minimum atomic E-state index is -0.900. The first-order chi connectivity index (χ1) is 7.82. The molecule has 0 aromatic heterocycles. The van der Waals surface area contributed by atoms with Crippen molar-refractivity contribution in [2.24, 2.45) is 0 Å². The maximum Gasteiger partial charge on any atom is 0.262 e. The lowest BCUT2D eigenvalue weighted by atomic mass is 10.2. The van der Waals surface area contributed by atoms with Crippen molar-refractivity contribution in [3.05, 3.63) is 23.8 Å². The lowest BCUT2D eigenvalue weighted by molar-refractivity contribution is -0.135. The van der Waals surface area contributed by atoms with Crippen LogP contribution in [0.25, 0.3) is 0 Å². The Bertz CT molecular complexity index is 436. The second kappa shape index (κ2) is 4.99. The Morgan fingerprint density at radius 3 is 2.47 bits per heavy atom. The van der Waals surface area contributed by atoms with E-state index in [1.54, 1.807) is 14.1 Å². The number of rotatable bonds is 3. The van der Waals surface area contributed by atoms with Crippen LogP contribution in [0.2, 0.25) is 0 Å². The zero-order valence-electron chi connectivity index (χ0n) is 9.83. The second-order valence-electron chi connectivity index (χ2n) is 3.80. The van der Waals surface area contributed by atoms with Gasteiger partial charge in [0.15, 0.2) is 17.7 Å². The summed E-state index contributed by atoms with van der Waals surface area (Å²) < 4.78 is 31.5. The van der Waals surface area contributed by atoms with Gasteiger partial charge >= 0.3 is 0 Å². The summed E-state index contributed by atoms with van der Waals surface area (Å²) in [6.45, 7) is 1.45. The van der Waals surface area contributed by atoms with E-state index in [9.17, 15) is 13.6 Å². The molecule has 0 spiro atoms. The molecule has 0 aliphatic heterocycles. The van der Waals surface area contributed by atoms with Crippen LogP contribution < -0.4 is 10.5 Å². The molecule has 0 fully saturated rings. The van der Waals surface area contributed by atoms with Crippen LogP contribution in [-0.2, 0) is 4.79 Å². The van der Waals surface area contributed by atoms with Crippen LogP contribution in [0, 0.1) is 11.6 Å². The van der Waals surface area contributed by atoms with Crippen LogP contribution in [0.4, 0.5) is 14.5 Å². The molecular weight excluding hydrogens is 230 g/mol. The average molecular weight is 244 g/mol. The number of carbonyl (C=O) groups is 1. The molecule has 1 atom stereocenters. The summed E-state index contributed by atoms with van der Waals surface area (Å²) in [7, 11) is 3.09. The standard InChI is InChI=1S/C11H14F2N2O2/c1-6(11(16)15(2)3)17-10-5-7(12)9(14)4-8(10)13/h4-6H,14H2,1-3H3. The molecular formula is C11H14F2N2O2. The van der Waals surface area contributed by atoms with Gasteiger partial charge in [0.25, 0.3) is 5.91 Å². The lowest BCUT2D eigenvalue weighted by Crippen LogP contribution is -2.35. The van der Waals surface area contributed by atoms with Gasteiger partial charge in [-0.1, -0.05) is 0 Å². The molecule has 0 bridgehead atoms. The number of nitrogens with zero attached hydrogens (tertiary/aromatic N) is 1. The molecule has 0 saturated heterocycles. The molecule has 4 nitrogen and oxygen atoms in total. The van der Waals surface area contributed by atoms with E-state index in [2.05, 4.69) is 0 Å². The summed E-state index contributed by atoms with van der Waals surface area (Å²) in [6.07, 6.45) is -0.900. The van der Waals surface area contributed by atoms with Crippen molar-refractivity contribution in [3.8, 4) is 5.75 Å². The third kappa shape index (κ3) is 3.05. The fourth-order valence-corrected chi connectivity index (χ4v) is 1.24. The summed E-state index contributed by atoms with van der Waals surface area (Å²) in [5, 5.41) is 0. The summed E-state index contributed by atoms with van der Waals surface area (Å²) >= 11 is 0. The smallest absolute Gasteiger partial charge is 0.262 e. The van der Waals surface area contributed by atoms with Crippen LogP contribution in [-0.4, -0.2) is 31.0 Å². The van der Waals surface area contributed by atoms with Gasteiger partial charge in [-0.2, -0.15) is 0 Å². The van der Waals surface area contributed by atoms with Gasteiger partial charge in [-0.05, 0) is 6.92 Å². The van der Waals surface area contributed by atoms with Crippen LogP contribution >= 0.6 is 0 Å². The first kappa shape index (κ1) is 13.2. The predicted molar refractivity (Wildman–Crippen MR) is 59.6 cm³/mol. The minimum Gasteiger partial charge on any atom is -0.478 e. The fraction of sp³-hybridized carbons (Fsp3) is 0.364. The van der Waals surface area contributed by atoms with Gasteiger partial charge < -0.3 is 15.4 Å². The van der Waals surface area contributed by atoms with Gasteiger partial charge in [0, 0.05) is 26.2 Å². The average Bonchev–Trinajstić information content (AvgIpc) is 2.24. The van der Waals surface area contributed by atoms with E-state index < -0.39 is 17.7 Å². The summed E-state index contributed by atoms with van der Waals surface area (Å²) in [5.41, 5.74) is 4.88. The van der Waals surface area contributed by atoms with Crippen molar-refractivity contribution in [1.29, 1.82) is 0 Å². The molecule has 1 aromatic carbocycles. The van der Waals surface area contributed by atoms with E-state index in [1.807, 2.05) is 0 Å². The number of amides is 1. The van der Waals surface area contributed by atoms with E-state index in [4.69, 9.17) is 10.5 Å². The Hall–Kier alpha value is -1.85. The third-order valence-corrected chi connectivity index (χ3v) is 2.14. The summed E-state index contributed by atoms with van der Waals surface area (Å²) in [4.78, 5) is 12.8. The number of hydrogen-bond donors (Lipinski definition) is 1. The van der Waals surface area contributed by atoms with E-state index in [0.29, 0.717) is 0 Å². The van der Waals surface area contributed by atoms with E-state index >= 15 is 0 Å². The summed E-state index contributed by atoms with van der Waals surface area (Å²) in [6, 6.07) is 1.64. The SMILES string of the molecule is CC(Oc1cc(F)c(N)cc1F)C(=O)N(C)C. The van der Waals surface area contributed by atoms with Crippen LogP contribution in [0.3, 0.4) is 0 Å². The fourth-order valence-electron chi connectivity index (χ4n) is 1.24. The molecule has 0 saturated carbocycles. The van der Waals surface area contributed by atoms with Gasteiger partial charge in [-0.25, -0.2) is 8.78 Å². The van der Waals surface area contributed by atoms with E-state index in [1.165, 1.54) is 11.8 Å². The van der Waals surface area contributed by atoms with Crippen molar-refractivity contribution in [3.63, 3.8) is 0 Å². The third-order valence-electron chi connectivity index (χ3n) is 2.14. The number of nitrogen functional groups attached to an aromatic ring is 1. The van der Waals surface area contributed by atoms with Gasteiger partial charge in [0.2, 0.25) is 0 Å². The first-order valence-corrected chi connectivity index (χ1v) is 4.95. The van der Waals surface area contributed by atoms with Crippen molar-refractivity contribution in [2.75, 3.05) is 19.8 Å². The molecule has 0 radical (unpaired) electrons. The highest BCUT2D eigenvalue weighted by atomic mass is 19.1. The molecule has 2 N–H and O–H groups in total. The Labute approximate surface area is 98.0 Å². The highest BCUT2D eigenvalue weighted by Crippen LogP contribution is 2.24. The second-order valence-corrected chi connectivity index (χ2v) is 3.80. The van der Waals surface area contributed by atoms with Gasteiger partial charge in [-0.3, -0.25) is 4.79 Å². The van der Waals surface area contributed by atoms with Crippen molar-refractivity contribution in [1.82, 2.24) is 4.90 Å². The number of hydrogen-bond acceptors (Lipinski definition) is 3. The number of likely N-dealkylation sites (N-methyl/N-ethyl adjacent to an activating group) is 1. The predicted octanol–water partition coefficient (Wildman–Crippen LogP) is 1.40. The Morgan fingerprint density at radius 2 is 1.94 bits per heavy atom. The molecule has 0 aliphatic rings. The van der Waals surface area contributed by atoms with Gasteiger partial charge in [0.1, 0.15) is 5.82 Å². The van der Waals surface area contributed by atoms with Gasteiger partial charge in [-0.15, -0.1) is 0 Å². The lowest BCUT2D eigenvalue weighted by Gasteiger charge is -2.18. The number of carbonyl (C=O) groups excluding carboxylic acids is 1. The molecule has 0 aliphatic carbocycles. The number of halogens is 2. The first-order valence-electron chi connectivity index (χ1n) is 4.95. The molecule has 17 heavy (non-hydrogen) atoms. The quantitative estimate of drug-likeness (QED) is 0.818. The largest absolute Gasteiger partial charge is 0.478 e. The molecule has 1 unspecified atom stereocenters. The Morgan fingerprint density at radius 1 is 1.35 bits per heavy atom. The minimum absolute atomic E-state index is 0.304. The van der Waals surface area contributed by atoms with Crippen molar-refractivity contribution >= 4 is 11.6 Å². The number of nitrogens with two attached hydrogens (primary N) is 1. The molecule has 0 heterocycles. The molecule has 1 amide bonds. The number of ether oxygens (including phenoxy) is 1. The van der Waals surface area contributed by atoms with Gasteiger partial charge in [0.05, 0.1) is 5.69 Å². The van der Waals surface area contributed by atoms with Crippen LogP contribution in [0.1, 0.15) is 6.92 Å². The Balaban J connectivity index is 2.89. The zero-order valence-corrected chi connectivity index (χ0v) is 9.83. The van der Waals surface area contributed by atoms with Crippen molar-refractivity contribution < 1.29 is 18.3 Å². The normalized spacial score (nSPS) is 12.1. The molecule has 1 rings (SSSR count). The monoisotopic (exact) mass is 244 g/mol. The molecule has 1 aromatic rings. The maximum atomic E-state index is 13.4.